The minimum absolute atomic E-state index is 0.188. The normalized spacial score (nSPS) is 15.7. The van der Waals surface area contributed by atoms with Gasteiger partial charge >= 0.3 is 0 Å². The summed E-state index contributed by atoms with van der Waals surface area (Å²) in [6, 6.07) is 10.5. The Hall–Kier alpha value is -3.72. The molecule has 9 nitrogen and oxygen atoms in total. The fourth-order valence-electron chi connectivity index (χ4n) is 4.10. The van der Waals surface area contributed by atoms with Crippen LogP contribution >= 0.6 is 11.6 Å². The van der Waals surface area contributed by atoms with Gasteiger partial charge in [0.1, 0.15) is 5.75 Å². The number of methoxy groups -OCH3 is 1. The van der Waals surface area contributed by atoms with Crippen molar-refractivity contribution in [3.05, 3.63) is 70.8 Å². The number of ether oxygens (including phenoxy) is 1. The van der Waals surface area contributed by atoms with E-state index in [0.29, 0.717) is 45.8 Å². The van der Waals surface area contributed by atoms with Crippen LogP contribution in [0.1, 0.15) is 40.6 Å². The van der Waals surface area contributed by atoms with Gasteiger partial charge in [0.05, 0.1) is 42.4 Å². The molecule has 4 aromatic rings. The summed E-state index contributed by atoms with van der Waals surface area (Å²) < 4.78 is 11.0. The fourth-order valence-corrected chi connectivity index (χ4v) is 4.27. The summed E-state index contributed by atoms with van der Waals surface area (Å²) in [6.07, 6.45) is 4.67. The average molecular weight is 465 g/mol. The molecule has 2 aromatic heterocycles. The lowest BCUT2D eigenvalue weighted by Gasteiger charge is -2.23. The number of benzene rings is 2. The maximum Gasteiger partial charge on any atom is 0.261 e. The predicted octanol–water partition coefficient (Wildman–Crippen LogP) is 4.27. The molecule has 0 bridgehead atoms. The molecular weight excluding hydrogens is 444 g/mol. The first-order chi connectivity index (χ1) is 16.0. The largest absolute Gasteiger partial charge is 0.496 e. The van der Waals surface area contributed by atoms with Crippen LogP contribution < -0.4 is 4.74 Å². The number of halogens is 1. The lowest BCUT2D eigenvalue weighted by molar-refractivity contribution is 0.0728. The number of likely N-dealkylation sites (tertiary alicyclic amines) is 1. The Morgan fingerprint density at radius 1 is 1.18 bits per heavy atom. The Kier molecular flexibility index (Phi) is 5.55. The number of carbonyl (C=O) groups is 1. The van der Waals surface area contributed by atoms with Crippen molar-refractivity contribution in [3.63, 3.8) is 0 Å². The molecule has 0 aliphatic carbocycles. The first kappa shape index (κ1) is 21.1. The molecule has 0 saturated carbocycles. The Balaban J connectivity index is 1.48. The van der Waals surface area contributed by atoms with Gasteiger partial charge < -0.3 is 14.2 Å². The summed E-state index contributed by atoms with van der Waals surface area (Å²) in [5.74, 6) is 1.27. The lowest BCUT2D eigenvalue weighted by Crippen LogP contribution is -2.32. The fraction of sp³-hybridized carbons (Fsp3) is 0.261. The van der Waals surface area contributed by atoms with E-state index in [2.05, 4.69) is 20.3 Å². The van der Waals surface area contributed by atoms with Gasteiger partial charge in [0.2, 0.25) is 0 Å². The van der Waals surface area contributed by atoms with Crippen molar-refractivity contribution in [2.24, 2.45) is 0 Å². The highest BCUT2D eigenvalue weighted by atomic mass is 35.5. The molecule has 1 fully saturated rings. The van der Waals surface area contributed by atoms with Gasteiger partial charge in [-0.2, -0.15) is 20.0 Å². The quantitative estimate of drug-likeness (QED) is 0.435. The molecule has 0 N–H and O–H groups in total. The highest BCUT2D eigenvalue weighted by molar-refractivity contribution is 6.31. The maximum absolute atomic E-state index is 13.6. The van der Waals surface area contributed by atoms with Gasteiger partial charge in [-0.1, -0.05) is 28.4 Å². The number of amides is 1. The van der Waals surface area contributed by atoms with Gasteiger partial charge in [-0.25, -0.2) is 0 Å². The molecule has 168 valence electrons. The number of nitrogens with zero attached hydrogens (tertiary/aromatic N) is 6. The molecule has 2 aromatic carbocycles. The molecule has 5 rings (SSSR count). The van der Waals surface area contributed by atoms with E-state index >= 15 is 0 Å². The SMILES string of the molecule is COc1ccc(C)cc1-c1nc([C@@H]2CCCN2C(=O)c2cc(Cl)ccc2-n2nccn2)no1. The molecule has 1 atom stereocenters. The van der Waals surface area contributed by atoms with Crippen LogP contribution in [0.4, 0.5) is 0 Å². The van der Waals surface area contributed by atoms with Gasteiger partial charge in [0.25, 0.3) is 11.8 Å². The van der Waals surface area contributed by atoms with E-state index in [1.807, 2.05) is 25.1 Å². The molecule has 0 spiro atoms. The number of carbonyl (C=O) groups excluding carboxylic acids is 1. The summed E-state index contributed by atoms with van der Waals surface area (Å²) in [5.41, 5.74) is 2.73. The van der Waals surface area contributed by atoms with Crippen LogP contribution in [0.25, 0.3) is 17.1 Å². The van der Waals surface area contributed by atoms with Crippen LogP contribution in [0, 0.1) is 6.92 Å². The van der Waals surface area contributed by atoms with Gasteiger partial charge in [-0.3, -0.25) is 4.79 Å². The lowest BCUT2D eigenvalue weighted by atomic mass is 10.1. The highest BCUT2D eigenvalue weighted by Crippen LogP contribution is 2.35. The second-order valence-corrected chi connectivity index (χ2v) is 8.23. The van der Waals surface area contributed by atoms with Gasteiger partial charge in [0, 0.05) is 11.6 Å². The maximum atomic E-state index is 13.6. The number of aromatic nitrogens is 5. The first-order valence-corrected chi connectivity index (χ1v) is 10.9. The Bertz CT molecular complexity index is 1300. The summed E-state index contributed by atoms with van der Waals surface area (Å²) >= 11 is 6.22. The molecule has 10 heteroatoms. The minimum Gasteiger partial charge on any atom is -0.496 e. The third-order valence-electron chi connectivity index (χ3n) is 5.66. The van der Waals surface area contributed by atoms with Gasteiger partial charge in [-0.15, -0.1) is 0 Å². The Labute approximate surface area is 194 Å². The molecule has 3 heterocycles. The van der Waals surface area contributed by atoms with Crippen LogP contribution in [0.5, 0.6) is 5.75 Å². The zero-order valence-corrected chi connectivity index (χ0v) is 18.9. The van der Waals surface area contributed by atoms with E-state index in [-0.39, 0.29) is 11.9 Å². The minimum atomic E-state index is -0.316. The smallest absolute Gasteiger partial charge is 0.261 e. The molecular formula is C23H21ClN6O3. The van der Waals surface area contributed by atoms with E-state index in [1.165, 1.54) is 4.80 Å². The zero-order valence-electron chi connectivity index (χ0n) is 18.1. The van der Waals surface area contributed by atoms with Crippen LogP contribution in [0.15, 0.2) is 53.3 Å². The second-order valence-electron chi connectivity index (χ2n) is 7.80. The van der Waals surface area contributed by atoms with E-state index in [0.717, 1.165) is 18.4 Å². The van der Waals surface area contributed by atoms with E-state index in [4.69, 9.17) is 20.9 Å². The monoisotopic (exact) mass is 464 g/mol. The van der Waals surface area contributed by atoms with Crippen molar-refractivity contribution in [2.45, 2.75) is 25.8 Å². The topological polar surface area (TPSA) is 99.2 Å². The number of rotatable bonds is 5. The summed E-state index contributed by atoms with van der Waals surface area (Å²) in [5, 5.41) is 13.0. The number of hydrogen-bond donors (Lipinski definition) is 0. The van der Waals surface area contributed by atoms with Crippen molar-refractivity contribution in [2.75, 3.05) is 13.7 Å². The van der Waals surface area contributed by atoms with E-state index in [1.54, 1.807) is 42.6 Å². The van der Waals surface area contributed by atoms with Gasteiger partial charge in [-0.05, 0) is 50.1 Å². The van der Waals surface area contributed by atoms with Crippen molar-refractivity contribution in [1.29, 1.82) is 0 Å². The predicted molar refractivity (Wildman–Crippen MR) is 120 cm³/mol. The molecule has 0 unspecified atom stereocenters. The van der Waals surface area contributed by atoms with Crippen molar-refractivity contribution in [1.82, 2.24) is 30.0 Å². The van der Waals surface area contributed by atoms with E-state index in [9.17, 15) is 4.79 Å². The summed E-state index contributed by atoms with van der Waals surface area (Å²) in [4.78, 5) is 21.4. The van der Waals surface area contributed by atoms with E-state index < -0.39 is 0 Å². The van der Waals surface area contributed by atoms with Crippen LogP contribution in [-0.2, 0) is 0 Å². The Morgan fingerprint density at radius 2 is 2.00 bits per heavy atom. The first-order valence-electron chi connectivity index (χ1n) is 10.5. The zero-order chi connectivity index (χ0) is 22.9. The molecule has 0 radical (unpaired) electrons. The molecule has 33 heavy (non-hydrogen) atoms. The standard InChI is InChI=1S/C23H21ClN6O3/c1-14-5-8-20(32-2)17(12-14)22-27-21(28-33-22)19-4-3-11-29(19)23(31)16-13-15(24)6-7-18(16)30-25-9-10-26-30/h5-10,12-13,19H,3-4,11H2,1-2H3/t19-/m0/s1. The second kappa shape index (κ2) is 8.67. The van der Waals surface area contributed by atoms with Crippen molar-refractivity contribution in [3.8, 4) is 22.9 Å². The average Bonchev–Trinajstić information content (AvgIpc) is 3.60. The molecule has 1 aliphatic heterocycles. The highest BCUT2D eigenvalue weighted by Gasteiger charge is 2.35. The van der Waals surface area contributed by atoms with Crippen molar-refractivity contribution >= 4 is 17.5 Å². The summed E-state index contributed by atoms with van der Waals surface area (Å²) in [7, 11) is 1.60. The van der Waals surface area contributed by atoms with Crippen LogP contribution in [0.2, 0.25) is 5.02 Å². The van der Waals surface area contributed by atoms with Crippen molar-refractivity contribution < 1.29 is 14.1 Å². The van der Waals surface area contributed by atoms with Crippen LogP contribution in [-0.4, -0.2) is 49.6 Å². The third kappa shape index (κ3) is 3.95. The third-order valence-corrected chi connectivity index (χ3v) is 5.90. The van der Waals surface area contributed by atoms with Crippen LogP contribution in [0.3, 0.4) is 0 Å². The van der Waals surface area contributed by atoms with Gasteiger partial charge in [0.15, 0.2) is 5.82 Å². The Morgan fingerprint density at radius 3 is 2.79 bits per heavy atom. The molecule has 1 amide bonds. The summed E-state index contributed by atoms with van der Waals surface area (Å²) in [6.45, 7) is 2.55. The molecule has 1 saturated heterocycles. The number of hydrogen-bond acceptors (Lipinski definition) is 7. The number of aryl methyl sites for hydroxylation is 1. The molecule has 1 aliphatic rings.